The van der Waals surface area contributed by atoms with Crippen molar-refractivity contribution in [1.82, 2.24) is 4.90 Å². The van der Waals surface area contributed by atoms with Crippen LogP contribution in [-0.4, -0.2) is 62.9 Å². The predicted molar refractivity (Wildman–Crippen MR) is 52.2 cm³/mol. The number of ketones is 1. The second-order valence-electron chi connectivity index (χ2n) is 4.61. The Bertz CT molecular complexity index is 270. The van der Waals surface area contributed by atoms with Crippen molar-refractivity contribution >= 4 is 5.78 Å². The third-order valence-corrected chi connectivity index (χ3v) is 3.49. The topological polar surface area (TPSA) is 81.0 Å². The molecule has 2 rings (SSSR count). The first-order valence-corrected chi connectivity index (χ1v) is 5.32. The summed E-state index contributed by atoms with van der Waals surface area (Å²) in [6.45, 7) is 2.23. The molecule has 0 bridgehead atoms. The number of hydrogen-bond acceptors (Lipinski definition) is 5. The minimum Gasteiger partial charge on any atom is -0.389 e. The molecular formula is C10H17NO4. The molecule has 0 aromatic carbocycles. The summed E-state index contributed by atoms with van der Waals surface area (Å²) in [6.07, 6.45) is -2.35. The molecule has 5 heteroatoms. The van der Waals surface area contributed by atoms with Gasteiger partial charge in [0.05, 0.1) is 12.2 Å². The molecule has 0 aliphatic carbocycles. The van der Waals surface area contributed by atoms with Gasteiger partial charge in [0.1, 0.15) is 11.9 Å². The van der Waals surface area contributed by atoms with E-state index in [0.717, 1.165) is 0 Å². The first-order chi connectivity index (χ1) is 7.00. The van der Waals surface area contributed by atoms with Crippen molar-refractivity contribution in [3.63, 3.8) is 0 Å². The summed E-state index contributed by atoms with van der Waals surface area (Å²) in [7, 11) is 0. The molecule has 2 saturated heterocycles. The average molecular weight is 215 g/mol. The first kappa shape index (κ1) is 11.0. The molecule has 0 saturated carbocycles. The van der Waals surface area contributed by atoms with Crippen LogP contribution in [0.25, 0.3) is 0 Å². The van der Waals surface area contributed by atoms with E-state index in [0.29, 0.717) is 13.0 Å². The zero-order valence-corrected chi connectivity index (χ0v) is 8.71. The largest absolute Gasteiger partial charge is 0.389 e. The number of carbonyl (C=O) groups excluding carboxylic acids is 1. The number of aliphatic hydroxyl groups excluding tert-OH is 3. The Morgan fingerprint density at radius 1 is 1.20 bits per heavy atom. The fraction of sp³-hybridized carbons (Fsp3) is 0.900. The molecule has 0 radical (unpaired) electrons. The van der Waals surface area contributed by atoms with Crippen molar-refractivity contribution < 1.29 is 20.1 Å². The first-order valence-electron chi connectivity index (χ1n) is 5.32. The highest BCUT2D eigenvalue weighted by Gasteiger charge is 2.46. The van der Waals surface area contributed by atoms with Crippen LogP contribution in [0.2, 0.25) is 0 Å². The lowest BCUT2D eigenvalue weighted by Crippen LogP contribution is -2.65. The van der Waals surface area contributed by atoms with Gasteiger partial charge in [-0.15, -0.1) is 0 Å². The zero-order valence-electron chi connectivity index (χ0n) is 8.71. The van der Waals surface area contributed by atoms with Gasteiger partial charge in [0.2, 0.25) is 0 Å². The van der Waals surface area contributed by atoms with Gasteiger partial charge in [-0.2, -0.15) is 0 Å². The minimum atomic E-state index is -1.13. The Kier molecular flexibility index (Phi) is 2.81. The summed E-state index contributed by atoms with van der Waals surface area (Å²) in [5.41, 5.74) is 0. The highest BCUT2D eigenvalue weighted by atomic mass is 16.4. The van der Waals surface area contributed by atoms with Crippen molar-refractivity contribution in [2.75, 3.05) is 6.54 Å². The minimum absolute atomic E-state index is 0.0352. The second kappa shape index (κ2) is 3.83. The van der Waals surface area contributed by atoms with Crippen LogP contribution >= 0.6 is 0 Å². The van der Waals surface area contributed by atoms with E-state index in [4.69, 9.17) is 0 Å². The summed E-state index contributed by atoms with van der Waals surface area (Å²) in [6, 6.07) is -0.298. The standard InChI is InChI=1S/C10H17NO4/c1-5-2-6(12)3-7-9(14)10(15)8(13)4-11(5)7/h5,7-10,13-15H,2-4H2,1H3/t5-,7+,8-,9-,10-/m1/s1. The smallest absolute Gasteiger partial charge is 0.136 e. The summed E-state index contributed by atoms with van der Waals surface area (Å²) in [5, 5.41) is 28.8. The highest BCUT2D eigenvalue weighted by Crippen LogP contribution is 2.29. The normalized spacial score (nSPS) is 47.7. The second-order valence-corrected chi connectivity index (χ2v) is 4.61. The molecule has 0 amide bonds. The molecule has 3 N–H and O–H groups in total. The third-order valence-electron chi connectivity index (χ3n) is 3.49. The highest BCUT2D eigenvalue weighted by molar-refractivity contribution is 5.80. The lowest BCUT2D eigenvalue weighted by molar-refractivity contribution is -0.161. The fourth-order valence-electron chi connectivity index (χ4n) is 2.62. The molecule has 15 heavy (non-hydrogen) atoms. The Hall–Kier alpha value is -0.490. The van der Waals surface area contributed by atoms with E-state index in [1.165, 1.54) is 0 Å². The maximum atomic E-state index is 11.4. The number of fused-ring (bicyclic) bond motifs is 1. The van der Waals surface area contributed by atoms with E-state index in [2.05, 4.69) is 0 Å². The van der Waals surface area contributed by atoms with Gasteiger partial charge in [-0.3, -0.25) is 9.69 Å². The summed E-state index contributed by atoms with van der Waals surface area (Å²) in [4.78, 5) is 13.3. The molecule has 86 valence electrons. The quantitative estimate of drug-likeness (QED) is 0.458. The van der Waals surface area contributed by atoms with Crippen molar-refractivity contribution in [2.45, 2.75) is 50.2 Å². The summed E-state index contributed by atoms with van der Waals surface area (Å²) >= 11 is 0. The fourth-order valence-corrected chi connectivity index (χ4v) is 2.62. The number of piperidine rings is 2. The van der Waals surface area contributed by atoms with E-state index in [1.807, 2.05) is 11.8 Å². The van der Waals surface area contributed by atoms with Gasteiger partial charge in [-0.1, -0.05) is 0 Å². The molecule has 2 heterocycles. The van der Waals surface area contributed by atoms with Crippen LogP contribution in [0.15, 0.2) is 0 Å². The van der Waals surface area contributed by atoms with Crippen molar-refractivity contribution in [1.29, 1.82) is 0 Å². The lowest BCUT2D eigenvalue weighted by atomic mass is 9.84. The molecule has 0 spiro atoms. The lowest BCUT2D eigenvalue weighted by Gasteiger charge is -2.48. The molecular weight excluding hydrogens is 198 g/mol. The number of Topliss-reactive ketones (excluding diaryl/α,β-unsaturated/α-hetero) is 1. The molecule has 0 unspecified atom stereocenters. The average Bonchev–Trinajstić information content (AvgIpc) is 2.17. The molecule has 2 aliphatic rings. The third kappa shape index (κ3) is 1.80. The van der Waals surface area contributed by atoms with Crippen LogP contribution in [0, 0.1) is 0 Å². The van der Waals surface area contributed by atoms with Crippen molar-refractivity contribution in [3.05, 3.63) is 0 Å². The maximum Gasteiger partial charge on any atom is 0.136 e. The van der Waals surface area contributed by atoms with Gasteiger partial charge < -0.3 is 15.3 Å². The maximum absolute atomic E-state index is 11.4. The van der Waals surface area contributed by atoms with E-state index < -0.39 is 18.3 Å². The van der Waals surface area contributed by atoms with E-state index in [1.54, 1.807) is 0 Å². The Morgan fingerprint density at radius 2 is 1.87 bits per heavy atom. The molecule has 0 aromatic rings. The van der Waals surface area contributed by atoms with Gasteiger partial charge >= 0.3 is 0 Å². The number of rotatable bonds is 0. The molecule has 2 aliphatic heterocycles. The van der Waals surface area contributed by atoms with E-state index >= 15 is 0 Å². The SMILES string of the molecule is C[C@@H]1CC(=O)C[C@H]2[C@@H](O)[C@H](O)[C@H](O)CN12. The van der Waals surface area contributed by atoms with Gasteiger partial charge in [-0.05, 0) is 6.92 Å². The molecule has 5 nitrogen and oxygen atoms in total. The Labute approximate surface area is 88.3 Å². The molecule has 5 atom stereocenters. The van der Waals surface area contributed by atoms with Crippen LogP contribution in [0.3, 0.4) is 0 Å². The summed E-state index contributed by atoms with van der Waals surface area (Å²) in [5.74, 6) is 0.117. The van der Waals surface area contributed by atoms with Gasteiger partial charge in [0.15, 0.2) is 0 Å². The van der Waals surface area contributed by atoms with Crippen molar-refractivity contribution in [2.24, 2.45) is 0 Å². The number of carbonyl (C=O) groups is 1. The van der Waals surface area contributed by atoms with Crippen LogP contribution in [-0.2, 0) is 4.79 Å². The van der Waals surface area contributed by atoms with Crippen LogP contribution < -0.4 is 0 Å². The predicted octanol–water partition coefficient (Wildman–Crippen LogP) is -1.50. The van der Waals surface area contributed by atoms with Crippen LogP contribution in [0.5, 0.6) is 0 Å². The van der Waals surface area contributed by atoms with Crippen LogP contribution in [0.4, 0.5) is 0 Å². The number of nitrogens with zero attached hydrogens (tertiary/aromatic N) is 1. The van der Waals surface area contributed by atoms with E-state index in [-0.39, 0.29) is 24.3 Å². The van der Waals surface area contributed by atoms with Gasteiger partial charge in [0.25, 0.3) is 0 Å². The zero-order chi connectivity index (χ0) is 11.2. The summed E-state index contributed by atoms with van der Waals surface area (Å²) < 4.78 is 0. The Morgan fingerprint density at radius 3 is 2.53 bits per heavy atom. The van der Waals surface area contributed by atoms with Crippen LogP contribution in [0.1, 0.15) is 19.8 Å². The van der Waals surface area contributed by atoms with Crippen molar-refractivity contribution in [3.8, 4) is 0 Å². The monoisotopic (exact) mass is 215 g/mol. The van der Waals surface area contributed by atoms with Gasteiger partial charge in [-0.25, -0.2) is 0 Å². The van der Waals surface area contributed by atoms with Gasteiger partial charge in [0, 0.05) is 31.5 Å². The number of hydrogen-bond donors (Lipinski definition) is 3. The van der Waals surface area contributed by atoms with E-state index in [9.17, 15) is 20.1 Å². The molecule has 2 fully saturated rings. The molecule has 0 aromatic heterocycles. The number of aliphatic hydroxyl groups is 3. The Balaban J connectivity index is 2.18.